The van der Waals surface area contributed by atoms with Crippen LogP contribution in [-0.2, 0) is 18.8 Å². The molecule has 0 bridgehead atoms. The smallest absolute Gasteiger partial charge is 0.421 e. The average Bonchev–Trinajstić information content (AvgIpc) is 3.53. The standard InChI is InChI=1S/C25H27N9O2/c1-25(2,3)36-24(35)34-12-11-26-23(34)28-19-13-20(30-22-17(19)15-27-33(22)5)29-21-14-18(31-32(21)4)16-9-7-6-8-10-16/h6-15H,1-5H3,(H2,26,28,29,30). The van der Waals surface area contributed by atoms with Crippen molar-refractivity contribution in [1.29, 1.82) is 0 Å². The summed E-state index contributed by atoms with van der Waals surface area (Å²) >= 11 is 0. The highest BCUT2D eigenvalue weighted by molar-refractivity contribution is 5.93. The van der Waals surface area contributed by atoms with Crippen LogP contribution in [0.3, 0.4) is 0 Å². The van der Waals surface area contributed by atoms with Gasteiger partial charge in [0, 0.05) is 44.2 Å². The van der Waals surface area contributed by atoms with Gasteiger partial charge in [-0.25, -0.2) is 19.3 Å². The maximum atomic E-state index is 12.7. The molecule has 0 radical (unpaired) electrons. The summed E-state index contributed by atoms with van der Waals surface area (Å²) in [4.78, 5) is 21.7. The zero-order valence-electron chi connectivity index (χ0n) is 20.7. The van der Waals surface area contributed by atoms with Gasteiger partial charge in [0.25, 0.3) is 0 Å². The van der Waals surface area contributed by atoms with Gasteiger partial charge in [0.2, 0.25) is 5.95 Å². The Morgan fingerprint density at radius 3 is 2.56 bits per heavy atom. The molecule has 0 amide bonds. The molecule has 184 valence electrons. The number of aromatic nitrogens is 7. The van der Waals surface area contributed by atoms with E-state index in [-0.39, 0.29) is 0 Å². The van der Waals surface area contributed by atoms with E-state index < -0.39 is 11.7 Å². The number of nitrogens with zero attached hydrogens (tertiary/aromatic N) is 7. The molecule has 0 saturated heterocycles. The Kier molecular flexibility index (Phi) is 5.67. The fourth-order valence-electron chi connectivity index (χ4n) is 3.72. The van der Waals surface area contributed by atoms with Crippen LogP contribution in [0, 0.1) is 0 Å². The van der Waals surface area contributed by atoms with Gasteiger partial charge in [0.05, 0.1) is 23.0 Å². The van der Waals surface area contributed by atoms with Crippen molar-refractivity contribution in [3.63, 3.8) is 0 Å². The summed E-state index contributed by atoms with van der Waals surface area (Å²) in [6.07, 6.45) is 4.28. The molecule has 5 aromatic rings. The summed E-state index contributed by atoms with van der Waals surface area (Å²) in [5.74, 6) is 1.66. The van der Waals surface area contributed by atoms with Gasteiger partial charge in [0.1, 0.15) is 17.2 Å². The molecule has 0 spiro atoms. The zero-order chi connectivity index (χ0) is 25.4. The molecule has 11 heteroatoms. The molecule has 0 aliphatic carbocycles. The summed E-state index contributed by atoms with van der Waals surface area (Å²) < 4.78 is 10.3. The quantitative estimate of drug-likeness (QED) is 0.363. The summed E-state index contributed by atoms with van der Waals surface area (Å²) in [7, 11) is 3.69. The molecule has 5 rings (SSSR count). The first kappa shape index (κ1) is 23.1. The van der Waals surface area contributed by atoms with Gasteiger partial charge in [-0.05, 0) is 20.8 Å². The lowest BCUT2D eigenvalue weighted by molar-refractivity contribution is 0.0540. The molecule has 0 fully saturated rings. The van der Waals surface area contributed by atoms with E-state index in [1.807, 2.05) is 77.3 Å². The number of aryl methyl sites for hydroxylation is 2. The van der Waals surface area contributed by atoms with E-state index in [9.17, 15) is 4.79 Å². The summed E-state index contributed by atoms with van der Waals surface area (Å²) in [6, 6.07) is 13.8. The van der Waals surface area contributed by atoms with Crippen molar-refractivity contribution in [2.45, 2.75) is 26.4 Å². The minimum absolute atomic E-state index is 0.318. The summed E-state index contributed by atoms with van der Waals surface area (Å²) in [6.45, 7) is 5.45. The first-order valence-electron chi connectivity index (χ1n) is 11.4. The minimum atomic E-state index is -0.634. The maximum absolute atomic E-state index is 12.7. The van der Waals surface area contributed by atoms with Gasteiger partial charge in [-0.2, -0.15) is 10.2 Å². The lowest BCUT2D eigenvalue weighted by atomic mass is 10.1. The summed E-state index contributed by atoms with van der Waals surface area (Å²) in [5, 5.41) is 16.3. The number of pyridine rings is 1. The predicted octanol–water partition coefficient (Wildman–Crippen LogP) is 4.84. The maximum Gasteiger partial charge on any atom is 0.421 e. The van der Waals surface area contributed by atoms with Crippen molar-refractivity contribution in [3.8, 4) is 11.3 Å². The van der Waals surface area contributed by atoms with Crippen molar-refractivity contribution in [2.24, 2.45) is 14.1 Å². The Bertz CT molecular complexity index is 1540. The fraction of sp³-hybridized carbons (Fsp3) is 0.240. The van der Waals surface area contributed by atoms with Gasteiger partial charge < -0.3 is 15.4 Å². The van der Waals surface area contributed by atoms with Crippen LogP contribution in [0.4, 0.5) is 28.1 Å². The van der Waals surface area contributed by atoms with E-state index >= 15 is 0 Å². The van der Waals surface area contributed by atoms with E-state index in [2.05, 4.69) is 25.8 Å². The molecule has 0 unspecified atom stereocenters. The Morgan fingerprint density at radius 2 is 1.81 bits per heavy atom. The van der Waals surface area contributed by atoms with Gasteiger partial charge in [0.15, 0.2) is 5.65 Å². The highest BCUT2D eigenvalue weighted by Crippen LogP contribution is 2.30. The Hall–Kier alpha value is -4.67. The molecular formula is C25H27N9O2. The molecule has 0 saturated carbocycles. The SMILES string of the molecule is Cn1nc(-c2ccccc2)cc1Nc1cc(Nc2nccn2C(=O)OC(C)(C)C)c2cnn(C)c2n1. The molecule has 36 heavy (non-hydrogen) atoms. The van der Waals surface area contributed by atoms with Crippen LogP contribution in [0.25, 0.3) is 22.3 Å². The van der Waals surface area contributed by atoms with Crippen LogP contribution in [0.5, 0.6) is 0 Å². The number of rotatable bonds is 5. The van der Waals surface area contributed by atoms with Crippen molar-refractivity contribution in [3.05, 3.63) is 61.1 Å². The van der Waals surface area contributed by atoms with Crippen LogP contribution in [0.15, 0.2) is 61.1 Å². The number of carbonyl (C=O) groups is 1. The normalized spacial score (nSPS) is 11.6. The molecule has 0 atom stereocenters. The van der Waals surface area contributed by atoms with Crippen LogP contribution < -0.4 is 10.6 Å². The van der Waals surface area contributed by atoms with Gasteiger partial charge in [-0.15, -0.1) is 0 Å². The van der Waals surface area contributed by atoms with Crippen molar-refractivity contribution in [2.75, 3.05) is 10.6 Å². The monoisotopic (exact) mass is 485 g/mol. The molecule has 4 aromatic heterocycles. The number of anilines is 4. The van der Waals surface area contributed by atoms with E-state index in [0.717, 1.165) is 22.5 Å². The van der Waals surface area contributed by atoms with Crippen molar-refractivity contribution >= 4 is 40.4 Å². The van der Waals surface area contributed by atoms with Crippen LogP contribution in [0.2, 0.25) is 0 Å². The number of benzene rings is 1. The molecular weight excluding hydrogens is 458 g/mol. The van der Waals surface area contributed by atoms with E-state index in [1.54, 1.807) is 21.8 Å². The first-order valence-corrected chi connectivity index (χ1v) is 11.4. The number of carbonyl (C=O) groups excluding carboxylic acids is 1. The average molecular weight is 486 g/mol. The molecule has 0 aliphatic heterocycles. The lowest BCUT2D eigenvalue weighted by Crippen LogP contribution is -2.27. The van der Waals surface area contributed by atoms with Crippen LogP contribution in [0.1, 0.15) is 20.8 Å². The van der Waals surface area contributed by atoms with Crippen LogP contribution in [-0.4, -0.2) is 45.8 Å². The predicted molar refractivity (Wildman–Crippen MR) is 138 cm³/mol. The second-order valence-corrected chi connectivity index (χ2v) is 9.32. The number of hydrogen-bond donors (Lipinski definition) is 2. The number of hydrogen-bond acceptors (Lipinski definition) is 8. The van der Waals surface area contributed by atoms with Crippen LogP contribution >= 0.6 is 0 Å². The lowest BCUT2D eigenvalue weighted by Gasteiger charge is -2.20. The van der Waals surface area contributed by atoms with Gasteiger partial charge in [-0.3, -0.25) is 9.36 Å². The minimum Gasteiger partial charge on any atom is -0.443 e. The third kappa shape index (κ3) is 4.63. The molecule has 1 aromatic carbocycles. The Balaban J connectivity index is 1.48. The second-order valence-electron chi connectivity index (χ2n) is 9.32. The number of imidazole rings is 1. The summed E-state index contributed by atoms with van der Waals surface area (Å²) in [5.41, 5.74) is 2.57. The number of nitrogens with one attached hydrogen (secondary N) is 2. The fourth-order valence-corrected chi connectivity index (χ4v) is 3.72. The van der Waals surface area contributed by atoms with E-state index in [0.29, 0.717) is 23.1 Å². The van der Waals surface area contributed by atoms with Crippen molar-refractivity contribution in [1.82, 2.24) is 34.1 Å². The molecule has 11 nitrogen and oxygen atoms in total. The van der Waals surface area contributed by atoms with Gasteiger partial charge in [-0.1, -0.05) is 30.3 Å². The number of fused-ring (bicyclic) bond motifs is 1. The third-order valence-electron chi connectivity index (χ3n) is 5.39. The third-order valence-corrected chi connectivity index (χ3v) is 5.39. The Morgan fingerprint density at radius 1 is 1.03 bits per heavy atom. The molecule has 2 N–H and O–H groups in total. The van der Waals surface area contributed by atoms with Crippen molar-refractivity contribution < 1.29 is 9.53 Å². The molecule has 4 heterocycles. The second kappa shape index (κ2) is 8.84. The van der Waals surface area contributed by atoms with E-state index in [4.69, 9.17) is 9.72 Å². The highest BCUT2D eigenvalue weighted by Gasteiger charge is 2.21. The molecule has 0 aliphatic rings. The highest BCUT2D eigenvalue weighted by atomic mass is 16.6. The topological polar surface area (TPSA) is 117 Å². The van der Waals surface area contributed by atoms with E-state index in [1.165, 1.54) is 10.8 Å². The first-order chi connectivity index (χ1) is 17.2. The van der Waals surface area contributed by atoms with Gasteiger partial charge >= 0.3 is 6.09 Å². The number of ether oxygens (including phenoxy) is 1. The largest absolute Gasteiger partial charge is 0.443 e. The Labute approximate surface area is 207 Å². The zero-order valence-corrected chi connectivity index (χ0v) is 20.7.